The number of alkyl halides is 4. The van der Waals surface area contributed by atoms with Gasteiger partial charge in [-0.05, 0) is 23.8 Å². The maximum absolute atomic E-state index is 15.5. The monoisotopic (exact) mass is 355 g/mol. The van der Waals surface area contributed by atoms with Crippen molar-refractivity contribution in [2.24, 2.45) is 0 Å². The molecule has 4 nitrogen and oxygen atoms in total. The van der Waals surface area contributed by atoms with Gasteiger partial charge >= 0.3 is 6.36 Å². The van der Waals surface area contributed by atoms with Gasteiger partial charge in [0, 0.05) is 12.6 Å². The molecular formula is C17H13F4NO3. The topological polar surface area (TPSA) is 49.8 Å². The summed E-state index contributed by atoms with van der Waals surface area (Å²) in [6.07, 6.45) is -6.74. The molecule has 25 heavy (non-hydrogen) atoms. The Morgan fingerprint density at radius 1 is 1.12 bits per heavy atom. The molecule has 1 amide bonds. The Labute approximate surface area is 140 Å². The number of rotatable bonds is 3. The number of ether oxygens (including phenoxy) is 1. The average Bonchev–Trinajstić information content (AvgIpc) is 2.77. The van der Waals surface area contributed by atoms with Gasteiger partial charge in [-0.3, -0.25) is 4.79 Å². The van der Waals surface area contributed by atoms with E-state index in [0.29, 0.717) is 5.69 Å². The van der Waals surface area contributed by atoms with Crippen molar-refractivity contribution < 1.29 is 32.2 Å². The van der Waals surface area contributed by atoms with Gasteiger partial charge in [-0.1, -0.05) is 30.3 Å². The molecule has 132 valence electrons. The predicted octanol–water partition coefficient (Wildman–Crippen LogP) is 3.46. The lowest BCUT2D eigenvalue weighted by atomic mass is 9.87. The van der Waals surface area contributed by atoms with Gasteiger partial charge in [-0.2, -0.15) is 0 Å². The first kappa shape index (κ1) is 17.2. The van der Waals surface area contributed by atoms with Crippen LogP contribution in [-0.4, -0.2) is 24.4 Å². The van der Waals surface area contributed by atoms with Crippen molar-refractivity contribution in [3.63, 3.8) is 0 Å². The van der Waals surface area contributed by atoms with Gasteiger partial charge in [0.15, 0.2) is 0 Å². The number of hydrogen-bond donors (Lipinski definition) is 1. The standard InChI is InChI=1S/C17H13F4NO3/c1-22-13-5-3-2-4-12(13)16(18,15(22)24)14(23)10-6-8-11(9-7-10)25-17(19,20)21/h2-9,14,23H,1H3/t14?,16-/m1/s1. The van der Waals surface area contributed by atoms with Gasteiger partial charge in [-0.25, -0.2) is 4.39 Å². The number of halogens is 4. The van der Waals surface area contributed by atoms with Crippen LogP contribution in [0.4, 0.5) is 23.2 Å². The van der Waals surface area contributed by atoms with E-state index in [0.717, 1.165) is 29.2 Å². The highest BCUT2D eigenvalue weighted by Crippen LogP contribution is 2.49. The molecule has 0 bridgehead atoms. The Balaban J connectivity index is 1.95. The molecule has 0 aromatic heterocycles. The van der Waals surface area contributed by atoms with Gasteiger partial charge in [-0.15, -0.1) is 13.2 Å². The zero-order chi connectivity index (χ0) is 18.4. The lowest BCUT2D eigenvalue weighted by Gasteiger charge is -2.25. The van der Waals surface area contributed by atoms with Gasteiger partial charge in [0.25, 0.3) is 5.91 Å². The number of likely N-dealkylation sites (N-methyl/N-ethyl adjacent to an activating group) is 1. The second kappa shape index (κ2) is 5.73. The van der Waals surface area contributed by atoms with E-state index >= 15 is 4.39 Å². The first-order valence-electron chi connectivity index (χ1n) is 7.25. The number of aliphatic hydroxyl groups excluding tert-OH is 1. The van der Waals surface area contributed by atoms with E-state index in [1.54, 1.807) is 12.1 Å². The molecule has 2 atom stereocenters. The van der Waals surface area contributed by atoms with Crippen LogP contribution in [0.5, 0.6) is 5.75 Å². The van der Waals surface area contributed by atoms with Crippen LogP contribution in [0.3, 0.4) is 0 Å². The van der Waals surface area contributed by atoms with Crippen LogP contribution in [0.15, 0.2) is 48.5 Å². The number of para-hydroxylation sites is 1. The third kappa shape index (κ3) is 2.82. The third-order valence-corrected chi connectivity index (χ3v) is 4.08. The normalized spacial score (nSPS) is 21.2. The van der Waals surface area contributed by atoms with E-state index in [1.165, 1.54) is 19.2 Å². The van der Waals surface area contributed by atoms with Crippen LogP contribution in [0.2, 0.25) is 0 Å². The summed E-state index contributed by atoms with van der Waals surface area (Å²) in [4.78, 5) is 13.5. The lowest BCUT2D eigenvalue weighted by Crippen LogP contribution is -2.40. The third-order valence-electron chi connectivity index (χ3n) is 4.08. The van der Waals surface area contributed by atoms with Crippen molar-refractivity contribution in [3.8, 4) is 5.75 Å². The van der Waals surface area contributed by atoms with Crippen LogP contribution in [0.25, 0.3) is 0 Å². The summed E-state index contributed by atoms with van der Waals surface area (Å²) in [5.74, 6) is -1.46. The molecule has 0 aliphatic carbocycles. The van der Waals surface area contributed by atoms with Crippen molar-refractivity contribution in [2.75, 3.05) is 11.9 Å². The number of fused-ring (bicyclic) bond motifs is 1. The SMILES string of the molecule is CN1C(=O)[C@](F)(C(O)c2ccc(OC(F)(F)F)cc2)c2ccccc21. The van der Waals surface area contributed by atoms with Gasteiger partial charge in [0.05, 0.1) is 5.69 Å². The minimum Gasteiger partial charge on any atom is -0.406 e. The number of nitrogens with zero attached hydrogens (tertiary/aromatic N) is 1. The molecule has 2 aromatic rings. The highest BCUT2D eigenvalue weighted by molar-refractivity contribution is 6.07. The number of carbonyl (C=O) groups is 1. The van der Waals surface area contributed by atoms with Crippen molar-refractivity contribution in [1.29, 1.82) is 0 Å². The molecule has 1 heterocycles. The van der Waals surface area contributed by atoms with Crippen LogP contribution in [-0.2, 0) is 10.5 Å². The molecule has 2 aromatic carbocycles. The molecule has 1 unspecified atom stereocenters. The van der Waals surface area contributed by atoms with Crippen LogP contribution < -0.4 is 9.64 Å². The molecule has 1 aliphatic heterocycles. The molecular weight excluding hydrogens is 342 g/mol. The summed E-state index contributed by atoms with van der Waals surface area (Å²) in [7, 11) is 1.38. The summed E-state index contributed by atoms with van der Waals surface area (Å²) < 4.78 is 55.8. The fourth-order valence-electron chi connectivity index (χ4n) is 2.89. The Morgan fingerprint density at radius 2 is 1.72 bits per heavy atom. The predicted molar refractivity (Wildman–Crippen MR) is 80.7 cm³/mol. The van der Waals surface area contributed by atoms with Gasteiger partial charge in [0.2, 0.25) is 5.67 Å². The minimum atomic E-state index is -4.86. The van der Waals surface area contributed by atoms with Crippen molar-refractivity contribution in [2.45, 2.75) is 18.1 Å². The smallest absolute Gasteiger partial charge is 0.406 e. The molecule has 0 saturated heterocycles. The Morgan fingerprint density at radius 3 is 2.32 bits per heavy atom. The van der Waals surface area contributed by atoms with E-state index < -0.39 is 29.8 Å². The largest absolute Gasteiger partial charge is 0.573 e. The first-order valence-corrected chi connectivity index (χ1v) is 7.25. The number of hydrogen-bond acceptors (Lipinski definition) is 3. The highest BCUT2D eigenvalue weighted by atomic mass is 19.4. The number of benzene rings is 2. The summed E-state index contributed by atoms with van der Waals surface area (Å²) in [5, 5.41) is 10.5. The Kier molecular flexibility index (Phi) is 3.95. The molecule has 0 fully saturated rings. The van der Waals surface area contributed by atoms with Crippen LogP contribution >= 0.6 is 0 Å². The van der Waals surface area contributed by atoms with Gasteiger partial charge < -0.3 is 14.7 Å². The molecule has 8 heteroatoms. The zero-order valence-electron chi connectivity index (χ0n) is 12.9. The second-order valence-electron chi connectivity index (χ2n) is 5.61. The summed E-state index contributed by atoms with van der Waals surface area (Å²) in [5.41, 5.74) is -2.44. The fraction of sp³-hybridized carbons (Fsp3) is 0.235. The van der Waals surface area contributed by atoms with Crippen molar-refractivity contribution >= 4 is 11.6 Å². The van der Waals surface area contributed by atoms with Crippen molar-refractivity contribution in [1.82, 2.24) is 0 Å². The second-order valence-corrected chi connectivity index (χ2v) is 5.61. The number of amides is 1. The Hall–Kier alpha value is -2.61. The first-order chi connectivity index (χ1) is 11.6. The maximum atomic E-state index is 15.5. The molecule has 1 aliphatic rings. The minimum absolute atomic E-state index is 0.00520. The summed E-state index contributed by atoms with van der Waals surface area (Å²) in [6.45, 7) is 0. The molecule has 0 radical (unpaired) electrons. The number of carbonyl (C=O) groups excluding carboxylic acids is 1. The summed E-state index contributed by atoms with van der Waals surface area (Å²) in [6, 6.07) is 10.2. The molecule has 1 N–H and O–H groups in total. The molecule has 3 rings (SSSR count). The van der Waals surface area contributed by atoms with E-state index in [1.807, 2.05) is 0 Å². The number of anilines is 1. The lowest BCUT2D eigenvalue weighted by molar-refractivity contribution is -0.274. The molecule has 0 saturated carbocycles. The van der Waals surface area contributed by atoms with Crippen LogP contribution in [0, 0.1) is 0 Å². The highest BCUT2D eigenvalue weighted by Gasteiger charge is 2.56. The Bertz CT molecular complexity index is 806. The van der Waals surface area contributed by atoms with E-state index in [4.69, 9.17) is 0 Å². The molecule has 0 spiro atoms. The quantitative estimate of drug-likeness (QED) is 0.858. The summed E-state index contributed by atoms with van der Waals surface area (Å²) >= 11 is 0. The maximum Gasteiger partial charge on any atom is 0.573 e. The zero-order valence-corrected chi connectivity index (χ0v) is 12.9. The average molecular weight is 355 g/mol. The van der Waals surface area contributed by atoms with E-state index in [-0.39, 0.29) is 11.1 Å². The van der Waals surface area contributed by atoms with E-state index in [9.17, 15) is 23.1 Å². The van der Waals surface area contributed by atoms with Crippen LogP contribution in [0.1, 0.15) is 17.2 Å². The van der Waals surface area contributed by atoms with E-state index in [2.05, 4.69) is 4.74 Å². The van der Waals surface area contributed by atoms with Gasteiger partial charge in [0.1, 0.15) is 11.9 Å². The fourth-order valence-corrected chi connectivity index (χ4v) is 2.89. The van der Waals surface area contributed by atoms with Crippen molar-refractivity contribution in [3.05, 3.63) is 59.7 Å². The number of aliphatic hydroxyl groups is 1.